The summed E-state index contributed by atoms with van der Waals surface area (Å²) in [6.07, 6.45) is 3.55. The molecule has 3 aromatic heterocycles. The molecule has 0 unspecified atom stereocenters. The highest BCUT2D eigenvalue weighted by Gasteiger charge is 2.11. The molecule has 0 spiro atoms. The van der Waals surface area contributed by atoms with Gasteiger partial charge in [0, 0.05) is 0 Å². The molecule has 0 saturated carbocycles. The summed E-state index contributed by atoms with van der Waals surface area (Å²) in [7, 11) is 0. The molecule has 0 saturated heterocycles. The van der Waals surface area contributed by atoms with Crippen LogP contribution in [0.3, 0.4) is 0 Å². The predicted octanol–water partition coefficient (Wildman–Crippen LogP) is 5.03. The molecule has 0 aliphatic rings. The molecule has 2 aromatic carbocycles. The Labute approximate surface area is 145 Å². The zero-order valence-electron chi connectivity index (χ0n) is 12.4. The van der Waals surface area contributed by atoms with E-state index in [1.807, 2.05) is 36.4 Å². The van der Waals surface area contributed by atoms with Gasteiger partial charge < -0.3 is 0 Å². The van der Waals surface area contributed by atoms with E-state index in [-0.39, 0.29) is 0 Å². The first-order chi connectivity index (χ1) is 11.9. The summed E-state index contributed by atoms with van der Waals surface area (Å²) in [5, 5.41) is 1.78. The van der Waals surface area contributed by atoms with Crippen molar-refractivity contribution in [1.82, 2.24) is 19.9 Å². The van der Waals surface area contributed by atoms with Gasteiger partial charge in [-0.1, -0.05) is 24.3 Å². The molecule has 0 amide bonds. The normalized spacial score (nSPS) is 11.3. The Kier molecular flexibility index (Phi) is 3.11. The Morgan fingerprint density at radius 3 is 1.46 bits per heavy atom. The fourth-order valence-electron chi connectivity index (χ4n) is 2.51. The average molecular weight is 346 g/mol. The molecule has 24 heavy (non-hydrogen) atoms. The third-order valence-electron chi connectivity index (χ3n) is 3.68. The second kappa shape index (κ2) is 5.43. The fourth-order valence-corrected chi connectivity index (χ4v) is 4.37. The van der Waals surface area contributed by atoms with Crippen molar-refractivity contribution in [2.24, 2.45) is 0 Å². The van der Waals surface area contributed by atoms with Gasteiger partial charge in [-0.15, -0.1) is 22.7 Å². The van der Waals surface area contributed by atoms with Crippen molar-refractivity contribution in [1.29, 1.82) is 0 Å². The molecule has 0 atom stereocenters. The van der Waals surface area contributed by atoms with Crippen LogP contribution >= 0.6 is 22.7 Å². The largest absolute Gasteiger partial charge is 0.250 e. The summed E-state index contributed by atoms with van der Waals surface area (Å²) in [5.74, 6) is 0. The first kappa shape index (κ1) is 13.7. The lowest BCUT2D eigenvalue weighted by molar-refractivity contribution is 1.20. The first-order valence-corrected chi connectivity index (χ1v) is 9.04. The molecule has 0 radical (unpaired) electrons. The summed E-state index contributed by atoms with van der Waals surface area (Å²) >= 11 is 3.26. The van der Waals surface area contributed by atoms with Crippen molar-refractivity contribution in [3.63, 3.8) is 0 Å². The van der Waals surface area contributed by atoms with Gasteiger partial charge in [0.05, 0.1) is 32.8 Å². The van der Waals surface area contributed by atoms with Crippen molar-refractivity contribution < 1.29 is 0 Å². The molecule has 0 N–H and O–H groups in total. The van der Waals surface area contributed by atoms with Crippen LogP contribution in [0.2, 0.25) is 0 Å². The molecule has 0 aliphatic heterocycles. The van der Waals surface area contributed by atoms with E-state index in [1.165, 1.54) is 0 Å². The number of para-hydroxylation sites is 2. The lowest BCUT2D eigenvalue weighted by Gasteiger charge is -1.97. The van der Waals surface area contributed by atoms with Crippen molar-refractivity contribution in [2.75, 3.05) is 0 Å². The summed E-state index contributed by atoms with van der Waals surface area (Å²) in [6, 6.07) is 16.2. The first-order valence-electron chi connectivity index (χ1n) is 7.41. The Morgan fingerprint density at radius 1 is 0.583 bits per heavy atom. The lowest BCUT2D eigenvalue weighted by atomic mass is 10.3. The number of thiazole rings is 2. The van der Waals surface area contributed by atoms with Crippen LogP contribution in [0.5, 0.6) is 0 Å². The average Bonchev–Trinajstić information content (AvgIpc) is 3.25. The molecule has 6 heteroatoms. The van der Waals surface area contributed by atoms with Gasteiger partial charge in [-0.2, -0.15) is 0 Å². The molecule has 114 valence electrons. The monoisotopic (exact) mass is 346 g/mol. The van der Waals surface area contributed by atoms with E-state index < -0.39 is 0 Å². The van der Waals surface area contributed by atoms with Crippen molar-refractivity contribution >= 4 is 43.1 Å². The molecular formula is C18H10N4S2. The van der Waals surface area contributed by atoms with E-state index in [0.29, 0.717) is 0 Å². The van der Waals surface area contributed by atoms with Gasteiger partial charge in [-0.25, -0.2) is 19.9 Å². The maximum atomic E-state index is 4.62. The Balaban J connectivity index is 1.54. The highest BCUT2D eigenvalue weighted by Crippen LogP contribution is 2.31. The van der Waals surface area contributed by atoms with Gasteiger partial charge in [0.25, 0.3) is 0 Å². The van der Waals surface area contributed by atoms with E-state index >= 15 is 0 Å². The number of benzene rings is 2. The van der Waals surface area contributed by atoms with Crippen LogP contribution in [0.1, 0.15) is 0 Å². The van der Waals surface area contributed by atoms with E-state index in [4.69, 9.17) is 0 Å². The molecular weight excluding hydrogens is 336 g/mol. The van der Waals surface area contributed by atoms with E-state index in [1.54, 1.807) is 35.1 Å². The van der Waals surface area contributed by atoms with Gasteiger partial charge in [0.15, 0.2) is 0 Å². The number of aromatic nitrogens is 4. The van der Waals surface area contributed by atoms with E-state index in [2.05, 4.69) is 32.1 Å². The van der Waals surface area contributed by atoms with Crippen LogP contribution in [0.4, 0.5) is 0 Å². The highest BCUT2D eigenvalue weighted by atomic mass is 32.1. The minimum Gasteiger partial charge on any atom is -0.250 e. The number of rotatable bonds is 2. The number of fused-ring (bicyclic) bond motifs is 2. The molecule has 3 heterocycles. The van der Waals surface area contributed by atoms with Crippen LogP contribution in [-0.4, -0.2) is 19.9 Å². The van der Waals surface area contributed by atoms with Crippen molar-refractivity contribution in [3.05, 3.63) is 60.9 Å². The van der Waals surface area contributed by atoms with Gasteiger partial charge in [-0.3, -0.25) is 0 Å². The molecule has 5 aromatic rings. The minimum atomic E-state index is 0.793. The molecule has 0 bridgehead atoms. The maximum absolute atomic E-state index is 4.62. The van der Waals surface area contributed by atoms with Crippen molar-refractivity contribution in [2.45, 2.75) is 0 Å². The Morgan fingerprint density at radius 2 is 1.04 bits per heavy atom. The number of hydrogen-bond acceptors (Lipinski definition) is 6. The van der Waals surface area contributed by atoms with Gasteiger partial charge in [0.2, 0.25) is 0 Å². The third kappa shape index (κ3) is 2.28. The smallest absolute Gasteiger partial charge is 0.144 e. The zero-order valence-corrected chi connectivity index (χ0v) is 14.0. The van der Waals surface area contributed by atoms with E-state index in [9.17, 15) is 0 Å². The van der Waals surface area contributed by atoms with Gasteiger partial charge in [-0.05, 0) is 24.3 Å². The highest BCUT2D eigenvalue weighted by molar-refractivity contribution is 7.22. The summed E-state index contributed by atoms with van der Waals surface area (Å²) in [6.45, 7) is 0. The second-order valence-electron chi connectivity index (χ2n) is 5.26. The Bertz CT molecular complexity index is 1000. The molecule has 4 nitrogen and oxygen atoms in total. The summed E-state index contributed by atoms with van der Waals surface area (Å²) in [5.41, 5.74) is 3.58. The fraction of sp³-hybridized carbons (Fsp3) is 0. The van der Waals surface area contributed by atoms with Gasteiger partial charge in [0.1, 0.15) is 21.4 Å². The standard InChI is InChI=1S/C18H10N4S2/c1-3-7-15-11(5-1)21-17(23-15)13-9-20-14(10-19-13)18-22-12-6-2-4-8-16(12)24-18/h1-10H. The van der Waals surface area contributed by atoms with Crippen LogP contribution in [0.15, 0.2) is 60.9 Å². The summed E-state index contributed by atoms with van der Waals surface area (Å²) < 4.78 is 2.31. The Hall–Kier alpha value is -2.70. The summed E-state index contributed by atoms with van der Waals surface area (Å²) in [4.78, 5) is 18.3. The van der Waals surface area contributed by atoms with Crippen LogP contribution in [0.25, 0.3) is 41.8 Å². The quantitative estimate of drug-likeness (QED) is 0.450. The molecule has 5 rings (SSSR count). The number of hydrogen-bond donors (Lipinski definition) is 0. The third-order valence-corrected chi connectivity index (χ3v) is 5.80. The van der Waals surface area contributed by atoms with Gasteiger partial charge >= 0.3 is 0 Å². The lowest BCUT2D eigenvalue weighted by Crippen LogP contribution is -1.88. The van der Waals surface area contributed by atoms with Crippen LogP contribution < -0.4 is 0 Å². The number of nitrogens with zero attached hydrogens (tertiary/aromatic N) is 4. The SMILES string of the molecule is c1ccc2sc(-c3cnc(-c4nc5ccccc5s4)cn3)nc2c1. The topological polar surface area (TPSA) is 51.6 Å². The van der Waals surface area contributed by atoms with E-state index in [0.717, 1.165) is 41.8 Å². The van der Waals surface area contributed by atoms with Crippen LogP contribution in [0, 0.1) is 0 Å². The van der Waals surface area contributed by atoms with Crippen LogP contribution in [-0.2, 0) is 0 Å². The second-order valence-corrected chi connectivity index (χ2v) is 7.32. The van der Waals surface area contributed by atoms with Crippen molar-refractivity contribution in [3.8, 4) is 21.4 Å². The maximum Gasteiger partial charge on any atom is 0.144 e. The minimum absolute atomic E-state index is 0.793. The molecule has 0 fully saturated rings. The zero-order chi connectivity index (χ0) is 15.9. The molecule has 0 aliphatic carbocycles. The predicted molar refractivity (Wildman–Crippen MR) is 99.3 cm³/mol.